The quantitative estimate of drug-likeness (QED) is 0.478. The van der Waals surface area contributed by atoms with E-state index in [0.717, 1.165) is 0 Å². The Bertz CT molecular complexity index is 468. The number of esters is 1. The van der Waals surface area contributed by atoms with Crippen LogP contribution in [0.2, 0.25) is 0 Å². The molecule has 0 aliphatic heterocycles. The summed E-state index contributed by atoms with van der Waals surface area (Å²) in [6.45, 7) is 1.76. The van der Waals surface area contributed by atoms with E-state index in [-0.39, 0.29) is 6.61 Å². The highest BCUT2D eigenvalue weighted by Gasteiger charge is 2.23. The summed E-state index contributed by atoms with van der Waals surface area (Å²) in [7, 11) is 0. The molecule has 0 spiro atoms. The van der Waals surface area contributed by atoms with Crippen LogP contribution >= 0.6 is 22.6 Å². The minimum absolute atomic E-state index is 0.147. The lowest BCUT2D eigenvalue weighted by Gasteiger charge is -2.12. The first-order chi connectivity index (χ1) is 8.45. The normalized spacial score (nSPS) is 11.8. The zero-order valence-corrected chi connectivity index (χ0v) is 11.7. The van der Waals surface area contributed by atoms with Crippen molar-refractivity contribution >= 4 is 40.2 Å². The molecule has 0 saturated heterocycles. The summed E-state index contributed by atoms with van der Waals surface area (Å²) in [5, 5.41) is 2.44. The third-order valence-corrected chi connectivity index (χ3v) is 2.90. The molecule has 1 aromatic rings. The van der Waals surface area contributed by atoms with Gasteiger partial charge in [0.05, 0.1) is 12.3 Å². The smallest absolute Gasteiger partial charge is 0.332 e. The molecule has 18 heavy (non-hydrogen) atoms. The standard InChI is InChI=1S/C11H12FIN2O3/c1-2-18-11(17)9(14)10(16)15-8-4-3-6(12)5-7(8)13/h3-5,9H,2,14H2,1H3,(H,15,16). The number of rotatable bonds is 4. The van der Waals surface area contributed by atoms with Crippen molar-refractivity contribution in [2.75, 3.05) is 11.9 Å². The Morgan fingerprint density at radius 1 is 1.56 bits per heavy atom. The summed E-state index contributed by atoms with van der Waals surface area (Å²) in [5.74, 6) is -1.91. The molecule has 0 heterocycles. The Balaban J connectivity index is 2.72. The van der Waals surface area contributed by atoms with E-state index in [1.807, 2.05) is 22.6 Å². The number of nitrogens with two attached hydrogens (primary N) is 1. The molecule has 0 fully saturated rings. The predicted octanol–water partition coefficient (Wildman–Crippen LogP) is 1.26. The average molecular weight is 366 g/mol. The summed E-state index contributed by atoms with van der Waals surface area (Å²) < 4.78 is 18.0. The SMILES string of the molecule is CCOC(=O)C(N)C(=O)Nc1ccc(F)cc1I. The number of hydrogen-bond acceptors (Lipinski definition) is 4. The molecule has 7 heteroatoms. The second-order valence-corrected chi connectivity index (χ2v) is 4.51. The highest BCUT2D eigenvalue weighted by atomic mass is 127. The molecule has 0 saturated carbocycles. The third-order valence-electron chi connectivity index (χ3n) is 2.01. The number of benzene rings is 1. The molecule has 0 aliphatic carbocycles. The van der Waals surface area contributed by atoms with E-state index in [1.54, 1.807) is 6.92 Å². The van der Waals surface area contributed by atoms with Crippen molar-refractivity contribution < 1.29 is 18.7 Å². The maximum absolute atomic E-state index is 12.9. The van der Waals surface area contributed by atoms with Crippen LogP contribution in [0.3, 0.4) is 0 Å². The first-order valence-corrected chi connectivity index (χ1v) is 6.21. The van der Waals surface area contributed by atoms with Gasteiger partial charge in [-0.3, -0.25) is 4.79 Å². The third kappa shape index (κ3) is 3.91. The topological polar surface area (TPSA) is 81.4 Å². The first kappa shape index (κ1) is 14.8. The number of carbonyl (C=O) groups excluding carboxylic acids is 2. The molecule has 3 N–H and O–H groups in total. The molecular formula is C11H12FIN2O3. The summed E-state index contributed by atoms with van der Waals surface area (Å²) in [5.41, 5.74) is 5.80. The van der Waals surface area contributed by atoms with Gasteiger partial charge in [-0.1, -0.05) is 0 Å². The van der Waals surface area contributed by atoms with Crippen molar-refractivity contribution in [3.8, 4) is 0 Å². The van der Waals surface area contributed by atoms with Crippen molar-refractivity contribution in [2.45, 2.75) is 13.0 Å². The van der Waals surface area contributed by atoms with Gasteiger partial charge in [0.2, 0.25) is 0 Å². The van der Waals surface area contributed by atoms with Gasteiger partial charge in [0.25, 0.3) is 5.91 Å². The van der Waals surface area contributed by atoms with Gasteiger partial charge in [-0.2, -0.15) is 0 Å². The molecule has 1 unspecified atom stereocenters. The number of anilines is 1. The first-order valence-electron chi connectivity index (χ1n) is 5.13. The van der Waals surface area contributed by atoms with E-state index in [2.05, 4.69) is 10.1 Å². The van der Waals surface area contributed by atoms with Crippen LogP contribution < -0.4 is 11.1 Å². The van der Waals surface area contributed by atoms with E-state index in [0.29, 0.717) is 9.26 Å². The average Bonchev–Trinajstić information content (AvgIpc) is 2.32. The lowest BCUT2D eigenvalue weighted by molar-refractivity contribution is -0.146. The Labute approximate surface area is 117 Å². The molecule has 1 rings (SSSR count). The van der Waals surface area contributed by atoms with E-state index in [9.17, 15) is 14.0 Å². The van der Waals surface area contributed by atoms with Crippen molar-refractivity contribution in [2.24, 2.45) is 5.73 Å². The van der Waals surface area contributed by atoms with Gasteiger partial charge < -0.3 is 15.8 Å². The molecule has 1 aromatic carbocycles. The number of hydrogen-bond donors (Lipinski definition) is 2. The van der Waals surface area contributed by atoms with Crippen LogP contribution in [-0.4, -0.2) is 24.5 Å². The van der Waals surface area contributed by atoms with Crippen LogP contribution in [0, 0.1) is 9.39 Å². The molecular weight excluding hydrogens is 354 g/mol. The highest BCUT2D eigenvalue weighted by molar-refractivity contribution is 14.1. The van der Waals surface area contributed by atoms with Crippen molar-refractivity contribution in [1.29, 1.82) is 0 Å². The number of nitrogens with one attached hydrogen (secondary N) is 1. The highest BCUT2D eigenvalue weighted by Crippen LogP contribution is 2.19. The van der Waals surface area contributed by atoms with Gasteiger partial charge in [0.1, 0.15) is 5.82 Å². The molecule has 0 bridgehead atoms. The lowest BCUT2D eigenvalue weighted by atomic mass is 10.2. The Kier molecular flexibility index (Phi) is 5.48. The van der Waals surface area contributed by atoms with Gasteiger partial charge in [-0.25, -0.2) is 9.18 Å². The molecule has 98 valence electrons. The van der Waals surface area contributed by atoms with Gasteiger partial charge in [0.15, 0.2) is 6.04 Å². The molecule has 0 aliphatic rings. The minimum Gasteiger partial charge on any atom is -0.464 e. The Morgan fingerprint density at radius 3 is 2.78 bits per heavy atom. The fraction of sp³-hybridized carbons (Fsp3) is 0.273. The van der Waals surface area contributed by atoms with Crippen molar-refractivity contribution in [3.05, 3.63) is 27.6 Å². The number of halogens is 2. The summed E-state index contributed by atoms with van der Waals surface area (Å²) in [6.07, 6.45) is 0. The molecule has 0 radical (unpaired) electrons. The van der Waals surface area contributed by atoms with Crippen molar-refractivity contribution in [3.63, 3.8) is 0 Å². The molecule has 1 atom stereocenters. The zero-order chi connectivity index (χ0) is 13.7. The monoisotopic (exact) mass is 366 g/mol. The summed E-state index contributed by atoms with van der Waals surface area (Å²) in [6, 6.07) is 2.46. The van der Waals surface area contributed by atoms with Crippen LogP contribution in [0.4, 0.5) is 10.1 Å². The maximum Gasteiger partial charge on any atom is 0.332 e. The molecule has 5 nitrogen and oxygen atoms in total. The summed E-state index contributed by atoms with van der Waals surface area (Å²) in [4.78, 5) is 22.9. The number of ether oxygens (including phenoxy) is 1. The van der Waals surface area contributed by atoms with Gasteiger partial charge in [0, 0.05) is 3.57 Å². The van der Waals surface area contributed by atoms with Crippen molar-refractivity contribution in [1.82, 2.24) is 0 Å². The summed E-state index contributed by atoms with van der Waals surface area (Å²) >= 11 is 1.87. The van der Waals surface area contributed by atoms with E-state index in [4.69, 9.17) is 5.73 Å². The predicted molar refractivity (Wildman–Crippen MR) is 72.4 cm³/mol. The van der Waals surface area contributed by atoms with E-state index in [1.165, 1.54) is 18.2 Å². The minimum atomic E-state index is -1.40. The lowest BCUT2D eigenvalue weighted by Crippen LogP contribution is -2.43. The maximum atomic E-state index is 12.9. The number of amides is 1. The zero-order valence-electron chi connectivity index (χ0n) is 9.57. The second kappa shape index (κ2) is 6.64. The Morgan fingerprint density at radius 2 is 2.22 bits per heavy atom. The van der Waals surface area contributed by atoms with Crippen LogP contribution in [0.1, 0.15) is 6.92 Å². The van der Waals surface area contributed by atoms with Crippen LogP contribution in [-0.2, 0) is 14.3 Å². The second-order valence-electron chi connectivity index (χ2n) is 3.34. The fourth-order valence-corrected chi connectivity index (χ4v) is 1.75. The Hall–Kier alpha value is -1.22. The van der Waals surface area contributed by atoms with Gasteiger partial charge in [-0.15, -0.1) is 0 Å². The van der Waals surface area contributed by atoms with Crippen LogP contribution in [0.5, 0.6) is 0 Å². The van der Waals surface area contributed by atoms with E-state index < -0.39 is 23.7 Å². The number of carbonyl (C=O) groups is 2. The van der Waals surface area contributed by atoms with E-state index >= 15 is 0 Å². The van der Waals surface area contributed by atoms with Crippen LogP contribution in [0.25, 0.3) is 0 Å². The largest absolute Gasteiger partial charge is 0.464 e. The van der Waals surface area contributed by atoms with Gasteiger partial charge in [-0.05, 0) is 47.7 Å². The van der Waals surface area contributed by atoms with Gasteiger partial charge >= 0.3 is 5.97 Å². The molecule has 0 aromatic heterocycles. The molecule has 1 amide bonds. The fourth-order valence-electron chi connectivity index (χ4n) is 1.14. The van der Waals surface area contributed by atoms with Crippen LogP contribution in [0.15, 0.2) is 18.2 Å².